The standard InChI is InChI=1S/C18H15N3O/c1-2-3-9-17-13-20-18(22-21-17)15-7-4-6-14(11-15)16-8-5-10-19-12-16/h2-12H,1,13H2/b9-3+. The molecule has 22 heavy (non-hydrogen) atoms. The van der Waals surface area contributed by atoms with Gasteiger partial charge < -0.3 is 4.84 Å². The van der Waals surface area contributed by atoms with Crippen molar-refractivity contribution in [2.75, 3.05) is 6.54 Å². The first-order valence-corrected chi connectivity index (χ1v) is 6.95. The fourth-order valence-electron chi connectivity index (χ4n) is 2.08. The lowest BCUT2D eigenvalue weighted by Gasteiger charge is -2.11. The molecule has 0 radical (unpaired) electrons. The summed E-state index contributed by atoms with van der Waals surface area (Å²) >= 11 is 0. The summed E-state index contributed by atoms with van der Waals surface area (Å²) in [5.41, 5.74) is 3.79. The number of hydrogen-bond acceptors (Lipinski definition) is 4. The second-order valence-corrected chi connectivity index (χ2v) is 4.71. The van der Waals surface area contributed by atoms with Crippen molar-refractivity contribution >= 4 is 11.6 Å². The zero-order valence-corrected chi connectivity index (χ0v) is 12.0. The van der Waals surface area contributed by atoms with E-state index in [0.29, 0.717) is 12.4 Å². The average molecular weight is 289 g/mol. The molecule has 0 N–H and O–H groups in total. The maximum atomic E-state index is 5.40. The van der Waals surface area contributed by atoms with E-state index >= 15 is 0 Å². The summed E-state index contributed by atoms with van der Waals surface area (Å²) < 4.78 is 0. The summed E-state index contributed by atoms with van der Waals surface area (Å²) in [5.74, 6) is 0.529. The molecule has 1 aromatic heterocycles. The van der Waals surface area contributed by atoms with E-state index in [1.807, 2.05) is 54.7 Å². The van der Waals surface area contributed by atoms with Gasteiger partial charge in [-0.3, -0.25) is 4.98 Å². The first kappa shape index (κ1) is 13.9. The Hall–Kier alpha value is -3.01. The molecule has 1 aliphatic heterocycles. The molecule has 0 saturated carbocycles. The Morgan fingerprint density at radius 3 is 2.68 bits per heavy atom. The predicted molar refractivity (Wildman–Crippen MR) is 88.9 cm³/mol. The Kier molecular flexibility index (Phi) is 4.20. The van der Waals surface area contributed by atoms with Crippen LogP contribution in [0.2, 0.25) is 0 Å². The molecule has 2 heterocycles. The third kappa shape index (κ3) is 3.17. The largest absolute Gasteiger partial charge is 0.336 e. The van der Waals surface area contributed by atoms with Gasteiger partial charge in [0.05, 0.1) is 6.54 Å². The smallest absolute Gasteiger partial charge is 0.251 e. The van der Waals surface area contributed by atoms with Gasteiger partial charge in [-0.15, -0.1) is 0 Å². The van der Waals surface area contributed by atoms with Crippen LogP contribution in [-0.4, -0.2) is 23.1 Å². The van der Waals surface area contributed by atoms with Gasteiger partial charge in [0.2, 0.25) is 0 Å². The van der Waals surface area contributed by atoms with Crippen molar-refractivity contribution in [1.29, 1.82) is 0 Å². The summed E-state index contributed by atoms with van der Waals surface area (Å²) in [6.07, 6.45) is 8.93. The Bertz CT molecular complexity index is 761. The average Bonchev–Trinajstić information content (AvgIpc) is 2.61. The number of hydrogen-bond donors (Lipinski definition) is 0. The molecule has 0 fully saturated rings. The maximum Gasteiger partial charge on any atom is 0.251 e. The quantitative estimate of drug-likeness (QED) is 0.807. The third-order valence-electron chi connectivity index (χ3n) is 3.16. The van der Waals surface area contributed by atoms with Crippen LogP contribution in [0.1, 0.15) is 5.56 Å². The first-order valence-electron chi connectivity index (χ1n) is 6.95. The van der Waals surface area contributed by atoms with Crippen LogP contribution in [-0.2, 0) is 4.84 Å². The topological polar surface area (TPSA) is 46.8 Å². The van der Waals surface area contributed by atoms with Crippen molar-refractivity contribution in [3.63, 3.8) is 0 Å². The SMILES string of the molecule is C=C/C=C/C1=NOC(c2cccc(-c3cccnc3)c2)=NC1. The van der Waals surface area contributed by atoms with Crippen molar-refractivity contribution in [3.8, 4) is 11.1 Å². The zero-order chi connectivity index (χ0) is 15.2. The number of aliphatic imine (C=N–C) groups is 1. The number of oxime groups is 1. The lowest BCUT2D eigenvalue weighted by Crippen LogP contribution is -2.14. The van der Waals surface area contributed by atoms with Crippen LogP contribution in [0.15, 0.2) is 83.7 Å². The van der Waals surface area contributed by atoms with Crippen LogP contribution in [0.5, 0.6) is 0 Å². The Labute approximate surface area is 129 Å². The molecule has 1 aliphatic rings. The normalized spacial score (nSPS) is 14.2. The molecule has 3 rings (SSSR count). The summed E-state index contributed by atoms with van der Waals surface area (Å²) in [6, 6.07) is 11.9. The van der Waals surface area contributed by atoms with Crippen LogP contribution >= 0.6 is 0 Å². The van der Waals surface area contributed by atoms with E-state index in [4.69, 9.17) is 4.84 Å². The molecular formula is C18H15N3O. The minimum absolute atomic E-state index is 0.497. The molecule has 0 atom stereocenters. The predicted octanol–water partition coefficient (Wildman–Crippen LogP) is 3.62. The number of allylic oxidation sites excluding steroid dienone is 2. The maximum absolute atomic E-state index is 5.40. The summed E-state index contributed by atoms with van der Waals surface area (Å²) in [4.78, 5) is 14.0. The van der Waals surface area contributed by atoms with E-state index in [1.165, 1.54) is 0 Å². The first-order chi connectivity index (χ1) is 10.9. The van der Waals surface area contributed by atoms with Gasteiger partial charge in [0.15, 0.2) is 0 Å². The zero-order valence-electron chi connectivity index (χ0n) is 12.0. The second-order valence-electron chi connectivity index (χ2n) is 4.71. The molecule has 0 spiro atoms. The van der Waals surface area contributed by atoms with Gasteiger partial charge in [0.25, 0.3) is 5.90 Å². The molecule has 4 nitrogen and oxygen atoms in total. The van der Waals surface area contributed by atoms with Crippen LogP contribution in [0.3, 0.4) is 0 Å². The van der Waals surface area contributed by atoms with E-state index in [-0.39, 0.29) is 0 Å². The number of aromatic nitrogens is 1. The Morgan fingerprint density at radius 2 is 1.95 bits per heavy atom. The van der Waals surface area contributed by atoms with E-state index in [1.54, 1.807) is 12.3 Å². The fraction of sp³-hybridized carbons (Fsp3) is 0.0556. The molecule has 0 amide bonds. The molecule has 0 bridgehead atoms. The van der Waals surface area contributed by atoms with Gasteiger partial charge in [-0.1, -0.05) is 42.1 Å². The van der Waals surface area contributed by atoms with Crippen LogP contribution in [0, 0.1) is 0 Å². The van der Waals surface area contributed by atoms with Crippen molar-refractivity contribution in [2.24, 2.45) is 10.1 Å². The molecular weight excluding hydrogens is 274 g/mol. The highest BCUT2D eigenvalue weighted by molar-refractivity contribution is 6.03. The highest BCUT2D eigenvalue weighted by Gasteiger charge is 2.12. The van der Waals surface area contributed by atoms with Gasteiger partial charge in [0, 0.05) is 23.5 Å². The summed E-state index contributed by atoms with van der Waals surface area (Å²) in [7, 11) is 0. The van der Waals surface area contributed by atoms with Gasteiger partial charge in [-0.25, -0.2) is 4.99 Å². The number of nitrogens with zero attached hydrogens (tertiary/aromatic N) is 3. The van der Waals surface area contributed by atoms with Gasteiger partial charge in [0.1, 0.15) is 5.71 Å². The molecule has 2 aromatic rings. The van der Waals surface area contributed by atoms with Crippen molar-refractivity contribution in [1.82, 2.24) is 4.98 Å². The van der Waals surface area contributed by atoms with E-state index in [2.05, 4.69) is 21.7 Å². The minimum Gasteiger partial charge on any atom is -0.336 e. The van der Waals surface area contributed by atoms with Gasteiger partial charge in [-0.2, -0.15) is 0 Å². The molecule has 0 saturated heterocycles. The van der Waals surface area contributed by atoms with Crippen LogP contribution in [0.4, 0.5) is 0 Å². The van der Waals surface area contributed by atoms with E-state index in [9.17, 15) is 0 Å². The molecule has 108 valence electrons. The Balaban J connectivity index is 1.81. The van der Waals surface area contributed by atoms with Gasteiger partial charge >= 0.3 is 0 Å². The molecule has 0 aliphatic carbocycles. The minimum atomic E-state index is 0.497. The van der Waals surface area contributed by atoms with E-state index in [0.717, 1.165) is 22.4 Å². The highest BCUT2D eigenvalue weighted by Crippen LogP contribution is 2.20. The fourth-order valence-corrected chi connectivity index (χ4v) is 2.08. The monoisotopic (exact) mass is 289 g/mol. The lowest BCUT2D eigenvalue weighted by molar-refractivity contribution is 0.322. The lowest BCUT2D eigenvalue weighted by atomic mass is 10.0. The number of rotatable bonds is 4. The summed E-state index contributed by atoms with van der Waals surface area (Å²) in [6.45, 7) is 4.12. The summed E-state index contributed by atoms with van der Waals surface area (Å²) in [5, 5.41) is 4.07. The molecule has 1 aromatic carbocycles. The van der Waals surface area contributed by atoms with Crippen LogP contribution < -0.4 is 0 Å². The van der Waals surface area contributed by atoms with Crippen molar-refractivity contribution in [2.45, 2.75) is 0 Å². The number of benzene rings is 1. The Morgan fingerprint density at radius 1 is 1.09 bits per heavy atom. The molecule has 4 heteroatoms. The van der Waals surface area contributed by atoms with Crippen molar-refractivity contribution < 1.29 is 4.84 Å². The van der Waals surface area contributed by atoms with Gasteiger partial charge in [-0.05, 0) is 29.8 Å². The van der Waals surface area contributed by atoms with Crippen molar-refractivity contribution in [3.05, 3.63) is 79.2 Å². The van der Waals surface area contributed by atoms with E-state index < -0.39 is 0 Å². The highest BCUT2D eigenvalue weighted by atomic mass is 16.6. The number of pyridine rings is 1. The third-order valence-corrected chi connectivity index (χ3v) is 3.16. The second kappa shape index (κ2) is 6.63. The molecule has 0 unspecified atom stereocenters. The van der Waals surface area contributed by atoms with Crippen LogP contribution in [0.25, 0.3) is 11.1 Å².